The molecule has 2 fully saturated rings. The molecule has 3 unspecified atom stereocenters. The third-order valence-electron chi connectivity index (χ3n) is 5.11. The van der Waals surface area contributed by atoms with E-state index in [4.69, 9.17) is 0 Å². The minimum absolute atomic E-state index is 0.500. The lowest BCUT2D eigenvalue weighted by Gasteiger charge is -2.44. The largest absolute Gasteiger partial charge is 0.308 e. The van der Waals surface area contributed by atoms with Crippen LogP contribution < -0.4 is 5.32 Å². The Kier molecular flexibility index (Phi) is 4.39. The summed E-state index contributed by atoms with van der Waals surface area (Å²) in [5.74, 6) is 0. The molecule has 1 N–H and O–H groups in total. The van der Waals surface area contributed by atoms with E-state index < -0.39 is 0 Å². The van der Waals surface area contributed by atoms with Gasteiger partial charge in [0.2, 0.25) is 0 Å². The van der Waals surface area contributed by atoms with Gasteiger partial charge in [0.1, 0.15) is 0 Å². The molecule has 0 radical (unpaired) electrons. The van der Waals surface area contributed by atoms with Gasteiger partial charge >= 0.3 is 0 Å². The van der Waals surface area contributed by atoms with Gasteiger partial charge in [0.05, 0.1) is 0 Å². The topological polar surface area (TPSA) is 18.5 Å². The monoisotopic (exact) mass is 273 g/mol. The van der Waals surface area contributed by atoms with Gasteiger partial charge in [0.15, 0.2) is 0 Å². The summed E-state index contributed by atoms with van der Waals surface area (Å²) in [6.45, 7) is 7.07. The summed E-state index contributed by atoms with van der Waals surface area (Å²) < 4.78 is 0. The molecular formula is C17H27N3. The van der Waals surface area contributed by atoms with E-state index in [0.717, 1.165) is 25.2 Å². The Morgan fingerprint density at radius 1 is 1.15 bits per heavy atom. The third kappa shape index (κ3) is 3.05. The summed E-state index contributed by atoms with van der Waals surface area (Å²) in [6, 6.07) is 12.9. The molecule has 3 atom stereocenters. The van der Waals surface area contributed by atoms with Crippen LogP contribution in [0, 0.1) is 0 Å². The highest BCUT2D eigenvalue weighted by atomic mass is 15.2. The van der Waals surface area contributed by atoms with Crippen LogP contribution in [0.5, 0.6) is 0 Å². The molecule has 3 heteroatoms. The first-order chi connectivity index (χ1) is 9.74. The van der Waals surface area contributed by atoms with Crippen molar-refractivity contribution < 1.29 is 0 Å². The zero-order chi connectivity index (χ0) is 13.9. The minimum Gasteiger partial charge on any atom is -0.308 e. The Morgan fingerprint density at radius 3 is 2.70 bits per heavy atom. The van der Waals surface area contributed by atoms with E-state index in [1.807, 2.05) is 0 Å². The number of piperazine rings is 1. The number of rotatable bonds is 2. The van der Waals surface area contributed by atoms with Gasteiger partial charge in [-0.1, -0.05) is 30.3 Å². The highest BCUT2D eigenvalue weighted by Crippen LogP contribution is 2.25. The highest BCUT2D eigenvalue weighted by Gasteiger charge is 2.30. The fraction of sp³-hybridized carbons (Fsp3) is 0.647. The molecule has 0 aromatic heterocycles. The summed E-state index contributed by atoms with van der Waals surface area (Å²) in [7, 11) is 2.26. The zero-order valence-electron chi connectivity index (χ0n) is 12.8. The lowest BCUT2D eigenvalue weighted by molar-refractivity contribution is 0.0671. The second-order valence-corrected chi connectivity index (χ2v) is 6.42. The smallest absolute Gasteiger partial charge is 0.0449 e. The van der Waals surface area contributed by atoms with Crippen molar-refractivity contribution in [3.8, 4) is 0 Å². The van der Waals surface area contributed by atoms with Crippen molar-refractivity contribution in [2.24, 2.45) is 0 Å². The van der Waals surface area contributed by atoms with Gasteiger partial charge in [-0.05, 0) is 38.9 Å². The van der Waals surface area contributed by atoms with Crippen LogP contribution in [0.4, 0.5) is 0 Å². The van der Waals surface area contributed by atoms with E-state index in [9.17, 15) is 0 Å². The predicted octanol–water partition coefficient (Wildman–Crippen LogP) is 2.12. The maximum absolute atomic E-state index is 3.67. The molecule has 20 heavy (non-hydrogen) atoms. The molecule has 2 aliphatic heterocycles. The number of nitrogens with one attached hydrogen (secondary N) is 1. The van der Waals surface area contributed by atoms with Crippen LogP contribution in [0.2, 0.25) is 0 Å². The second-order valence-electron chi connectivity index (χ2n) is 6.42. The van der Waals surface area contributed by atoms with E-state index in [1.54, 1.807) is 0 Å². The Hall–Kier alpha value is -0.900. The number of benzene rings is 1. The molecule has 2 saturated heterocycles. The summed E-state index contributed by atoms with van der Waals surface area (Å²) in [6.07, 6.45) is 2.64. The molecule has 2 aliphatic rings. The molecule has 1 aromatic rings. The Morgan fingerprint density at radius 2 is 1.95 bits per heavy atom. The maximum Gasteiger partial charge on any atom is 0.0449 e. The highest BCUT2D eigenvalue weighted by molar-refractivity contribution is 5.20. The molecule has 0 bridgehead atoms. The lowest BCUT2D eigenvalue weighted by atomic mass is 9.95. The van der Waals surface area contributed by atoms with Crippen LogP contribution in [0.25, 0.3) is 0 Å². The Bertz CT molecular complexity index is 420. The van der Waals surface area contributed by atoms with Crippen LogP contribution in [-0.2, 0) is 0 Å². The number of hydrogen-bond acceptors (Lipinski definition) is 3. The van der Waals surface area contributed by atoms with E-state index in [2.05, 4.69) is 59.4 Å². The average molecular weight is 273 g/mol. The molecule has 3 nitrogen and oxygen atoms in total. The van der Waals surface area contributed by atoms with Gasteiger partial charge in [-0.25, -0.2) is 0 Å². The van der Waals surface area contributed by atoms with Crippen molar-refractivity contribution in [1.29, 1.82) is 0 Å². The van der Waals surface area contributed by atoms with Crippen LogP contribution in [0.1, 0.15) is 31.4 Å². The third-order valence-corrected chi connectivity index (χ3v) is 5.11. The summed E-state index contributed by atoms with van der Waals surface area (Å²) in [5, 5.41) is 3.67. The van der Waals surface area contributed by atoms with Gasteiger partial charge in [-0.3, -0.25) is 4.90 Å². The van der Waals surface area contributed by atoms with Crippen LogP contribution in [0.3, 0.4) is 0 Å². The van der Waals surface area contributed by atoms with Crippen molar-refractivity contribution >= 4 is 0 Å². The molecule has 0 spiro atoms. The van der Waals surface area contributed by atoms with Gasteiger partial charge in [0.25, 0.3) is 0 Å². The van der Waals surface area contributed by atoms with E-state index >= 15 is 0 Å². The van der Waals surface area contributed by atoms with Crippen molar-refractivity contribution in [3.63, 3.8) is 0 Å². The molecule has 0 aliphatic carbocycles. The minimum atomic E-state index is 0.500. The number of likely N-dealkylation sites (tertiary alicyclic amines) is 1. The maximum atomic E-state index is 3.67. The van der Waals surface area contributed by atoms with E-state index in [-0.39, 0.29) is 0 Å². The van der Waals surface area contributed by atoms with Crippen LogP contribution >= 0.6 is 0 Å². The van der Waals surface area contributed by atoms with Gasteiger partial charge in [-0.15, -0.1) is 0 Å². The van der Waals surface area contributed by atoms with Gasteiger partial charge < -0.3 is 10.2 Å². The fourth-order valence-electron chi connectivity index (χ4n) is 3.61. The summed E-state index contributed by atoms with van der Waals surface area (Å²) >= 11 is 0. The predicted molar refractivity (Wildman–Crippen MR) is 83.9 cm³/mol. The first kappa shape index (κ1) is 14.1. The molecule has 0 saturated carbocycles. The Balaban J connectivity index is 1.64. The zero-order valence-corrected chi connectivity index (χ0v) is 12.8. The molecule has 0 amide bonds. The van der Waals surface area contributed by atoms with Gasteiger partial charge in [-0.2, -0.15) is 0 Å². The fourth-order valence-corrected chi connectivity index (χ4v) is 3.61. The van der Waals surface area contributed by atoms with Gasteiger partial charge in [0, 0.05) is 37.8 Å². The first-order valence-corrected chi connectivity index (χ1v) is 7.96. The van der Waals surface area contributed by atoms with Crippen LogP contribution in [-0.4, -0.2) is 55.1 Å². The van der Waals surface area contributed by atoms with Crippen molar-refractivity contribution in [2.75, 3.05) is 33.2 Å². The van der Waals surface area contributed by atoms with Crippen LogP contribution in [0.15, 0.2) is 30.3 Å². The summed E-state index contributed by atoms with van der Waals surface area (Å²) in [5.41, 5.74) is 1.43. The standard InChI is InChI=1S/C17H27N3/c1-14-12-16(8-10-19(14)2)20-11-9-18-17(13-20)15-6-4-3-5-7-15/h3-7,14,16-18H,8-13H2,1-2H3. The molecular weight excluding hydrogens is 246 g/mol. The number of hydrogen-bond donors (Lipinski definition) is 1. The van der Waals surface area contributed by atoms with E-state index in [1.165, 1.54) is 31.5 Å². The molecule has 3 rings (SSSR count). The van der Waals surface area contributed by atoms with E-state index in [0.29, 0.717) is 6.04 Å². The van der Waals surface area contributed by atoms with Crippen molar-refractivity contribution in [3.05, 3.63) is 35.9 Å². The Labute approximate surface area is 123 Å². The molecule has 110 valence electrons. The summed E-state index contributed by atoms with van der Waals surface area (Å²) in [4.78, 5) is 5.21. The normalized spacial score (nSPS) is 33.2. The molecule has 2 heterocycles. The molecule has 1 aromatic carbocycles. The lowest BCUT2D eigenvalue weighted by Crippen LogP contribution is -2.54. The average Bonchev–Trinajstić information content (AvgIpc) is 2.51. The first-order valence-electron chi connectivity index (χ1n) is 7.96. The number of piperidine rings is 1. The SMILES string of the molecule is CC1CC(N2CCNC(c3ccccc3)C2)CCN1C. The van der Waals surface area contributed by atoms with Crippen molar-refractivity contribution in [2.45, 2.75) is 37.9 Å². The number of nitrogens with zero attached hydrogens (tertiary/aromatic N) is 2. The van der Waals surface area contributed by atoms with Crippen molar-refractivity contribution in [1.82, 2.24) is 15.1 Å². The quantitative estimate of drug-likeness (QED) is 0.890. The second kappa shape index (κ2) is 6.25.